The minimum absolute atomic E-state index is 0.623. The van der Waals surface area contributed by atoms with E-state index in [2.05, 4.69) is 49.6 Å². The second-order valence-corrected chi connectivity index (χ2v) is 9.18. The Bertz CT molecular complexity index is 451. The van der Waals surface area contributed by atoms with Gasteiger partial charge in [-0.1, -0.05) is 111 Å². The molecular formula is C26H51N2+. The molecule has 1 aromatic rings. The van der Waals surface area contributed by atoms with Gasteiger partial charge in [-0.25, -0.2) is 9.55 Å². The summed E-state index contributed by atoms with van der Waals surface area (Å²) in [6.07, 6.45) is 28.2. The molecule has 0 saturated heterocycles. The van der Waals surface area contributed by atoms with Gasteiger partial charge in [0, 0.05) is 0 Å². The second-order valence-electron chi connectivity index (χ2n) is 9.18. The zero-order valence-corrected chi connectivity index (χ0v) is 19.8. The maximum Gasteiger partial charge on any atom is 0.257 e. The summed E-state index contributed by atoms with van der Waals surface area (Å²) in [7, 11) is 0. The van der Waals surface area contributed by atoms with Gasteiger partial charge in [-0.2, -0.15) is 0 Å². The summed E-state index contributed by atoms with van der Waals surface area (Å²) >= 11 is 0. The van der Waals surface area contributed by atoms with Crippen molar-refractivity contribution < 1.29 is 4.57 Å². The molecule has 1 N–H and O–H groups in total. The van der Waals surface area contributed by atoms with Crippen LogP contribution in [0.3, 0.4) is 0 Å². The molecule has 2 heteroatoms. The monoisotopic (exact) mass is 391 g/mol. The predicted octanol–water partition coefficient (Wildman–Crippen LogP) is 8.64. The van der Waals surface area contributed by atoms with Gasteiger partial charge in [0.25, 0.3) is 5.82 Å². The molecule has 1 aromatic heterocycles. The molecule has 0 radical (unpaired) electrons. The molecule has 28 heavy (non-hydrogen) atoms. The molecule has 0 saturated carbocycles. The van der Waals surface area contributed by atoms with E-state index in [4.69, 9.17) is 0 Å². The van der Waals surface area contributed by atoms with E-state index in [0.29, 0.717) is 12.0 Å². The minimum Gasteiger partial charge on any atom is -0.247 e. The van der Waals surface area contributed by atoms with Crippen LogP contribution in [-0.4, -0.2) is 4.98 Å². The van der Waals surface area contributed by atoms with E-state index >= 15 is 0 Å². The Kier molecular flexibility index (Phi) is 15.4. The summed E-state index contributed by atoms with van der Waals surface area (Å²) < 4.78 is 2.52. The fourth-order valence-electron chi connectivity index (χ4n) is 4.40. The number of imidazole rings is 1. The zero-order chi connectivity index (χ0) is 20.5. The Labute approximate surface area is 176 Å². The van der Waals surface area contributed by atoms with Gasteiger partial charge in [-0.15, -0.1) is 0 Å². The van der Waals surface area contributed by atoms with Crippen molar-refractivity contribution in [2.24, 2.45) is 0 Å². The van der Waals surface area contributed by atoms with Crippen LogP contribution in [0, 0.1) is 0 Å². The average molecular weight is 392 g/mol. The van der Waals surface area contributed by atoms with Crippen LogP contribution >= 0.6 is 0 Å². The van der Waals surface area contributed by atoms with Crippen molar-refractivity contribution >= 4 is 0 Å². The molecule has 1 heterocycles. The first-order valence-corrected chi connectivity index (χ1v) is 12.8. The Hall–Kier alpha value is -0.790. The lowest BCUT2D eigenvalue weighted by atomic mass is 10.00. The van der Waals surface area contributed by atoms with Crippen molar-refractivity contribution in [2.75, 3.05) is 0 Å². The van der Waals surface area contributed by atoms with Gasteiger partial charge in [0.2, 0.25) is 0 Å². The van der Waals surface area contributed by atoms with E-state index in [9.17, 15) is 0 Å². The van der Waals surface area contributed by atoms with E-state index in [1.807, 2.05) is 0 Å². The van der Waals surface area contributed by atoms with E-state index in [1.54, 1.807) is 0 Å². The summed E-state index contributed by atoms with van der Waals surface area (Å²) in [5.74, 6) is 2.09. The number of nitrogens with one attached hydrogen (secondary N) is 1. The lowest BCUT2D eigenvalue weighted by Gasteiger charge is -2.14. The van der Waals surface area contributed by atoms with Crippen molar-refractivity contribution in [1.29, 1.82) is 0 Å². The third-order valence-electron chi connectivity index (χ3n) is 6.40. The number of aromatic nitrogens is 2. The molecule has 0 fully saturated rings. The van der Waals surface area contributed by atoms with Crippen LogP contribution in [0.25, 0.3) is 0 Å². The third-order valence-corrected chi connectivity index (χ3v) is 6.40. The summed E-state index contributed by atoms with van der Waals surface area (Å²) in [4.78, 5) is 3.55. The van der Waals surface area contributed by atoms with Crippen LogP contribution < -0.4 is 4.57 Å². The van der Waals surface area contributed by atoms with Crippen molar-refractivity contribution in [3.63, 3.8) is 0 Å². The number of hydrogen-bond donors (Lipinski definition) is 1. The molecule has 0 bridgehead atoms. The molecule has 2 atom stereocenters. The topological polar surface area (TPSA) is 19.7 Å². The normalized spacial score (nSPS) is 13.7. The van der Waals surface area contributed by atoms with Crippen LogP contribution in [0.4, 0.5) is 0 Å². The van der Waals surface area contributed by atoms with Crippen molar-refractivity contribution in [1.82, 2.24) is 4.98 Å². The number of unbranched alkanes of at least 4 members (excludes halogenated alkanes) is 13. The maximum absolute atomic E-state index is 3.55. The van der Waals surface area contributed by atoms with Gasteiger partial charge >= 0.3 is 0 Å². The number of nitrogens with zero attached hydrogens (tertiary/aromatic N) is 1. The van der Waals surface area contributed by atoms with Crippen LogP contribution in [0.15, 0.2) is 12.4 Å². The van der Waals surface area contributed by atoms with Crippen LogP contribution in [0.5, 0.6) is 0 Å². The third kappa shape index (κ3) is 11.3. The van der Waals surface area contributed by atoms with Gasteiger partial charge < -0.3 is 0 Å². The number of rotatable bonds is 19. The first kappa shape index (κ1) is 25.2. The Morgan fingerprint density at radius 3 is 1.68 bits per heavy atom. The number of H-pyrrole nitrogens is 1. The Morgan fingerprint density at radius 2 is 1.14 bits per heavy atom. The summed E-state index contributed by atoms with van der Waals surface area (Å²) in [6.45, 7) is 9.39. The smallest absolute Gasteiger partial charge is 0.247 e. The molecular weight excluding hydrogens is 340 g/mol. The van der Waals surface area contributed by atoms with Gasteiger partial charge in [-0.3, -0.25) is 0 Å². The second kappa shape index (κ2) is 17.1. The quantitative estimate of drug-likeness (QED) is 0.180. The molecule has 1 rings (SSSR count). The molecule has 2 nitrogen and oxygen atoms in total. The minimum atomic E-state index is 0.623. The van der Waals surface area contributed by atoms with Crippen LogP contribution in [-0.2, 0) is 0 Å². The lowest BCUT2D eigenvalue weighted by Crippen LogP contribution is -2.40. The highest BCUT2D eigenvalue weighted by Gasteiger charge is 2.21. The number of hydrogen-bond acceptors (Lipinski definition) is 0. The fourth-order valence-corrected chi connectivity index (χ4v) is 4.40. The van der Waals surface area contributed by atoms with E-state index in [-0.39, 0.29) is 0 Å². The van der Waals surface area contributed by atoms with Gasteiger partial charge in [0.1, 0.15) is 12.4 Å². The molecule has 0 aliphatic heterocycles. The fraction of sp³-hybridized carbons (Fsp3) is 0.885. The van der Waals surface area contributed by atoms with Crippen molar-refractivity contribution in [3.05, 3.63) is 18.2 Å². The van der Waals surface area contributed by atoms with Gasteiger partial charge in [0.05, 0.1) is 12.0 Å². The molecule has 0 aromatic carbocycles. The summed E-state index contributed by atoms with van der Waals surface area (Å²) in [5, 5.41) is 0. The summed E-state index contributed by atoms with van der Waals surface area (Å²) in [6, 6.07) is 0.623. The van der Waals surface area contributed by atoms with Crippen molar-refractivity contribution in [2.45, 2.75) is 149 Å². The van der Waals surface area contributed by atoms with Gasteiger partial charge in [0.15, 0.2) is 0 Å². The predicted molar refractivity (Wildman–Crippen MR) is 124 cm³/mol. The first-order chi connectivity index (χ1) is 13.7. The average Bonchev–Trinajstić information content (AvgIpc) is 3.19. The van der Waals surface area contributed by atoms with E-state index in [1.165, 1.54) is 115 Å². The number of aromatic amines is 1. The molecule has 0 spiro atoms. The van der Waals surface area contributed by atoms with Gasteiger partial charge in [-0.05, 0) is 26.2 Å². The van der Waals surface area contributed by atoms with E-state index < -0.39 is 0 Å². The zero-order valence-electron chi connectivity index (χ0n) is 19.8. The maximum atomic E-state index is 3.55. The lowest BCUT2D eigenvalue weighted by molar-refractivity contribution is -0.727. The van der Waals surface area contributed by atoms with Crippen LogP contribution in [0.1, 0.15) is 155 Å². The molecule has 0 amide bonds. The highest BCUT2D eigenvalue weighted by molar-refractivity contribution is 4.87. The molecule has 0 aliphatic carbocycles. The summed E-state index contributed by atoms with van der Waals surface area (Å²) in [5.41, 5.74) is 0. The van der Waals surface area contributed by atoms with Crippen LogP contribution in [0.2, 0.25) is 0 Å². The standard InChI is InChI=1S/C26H50N2/c1-5-7-9-11-13-14-15-16-18-20-24(3)26-27-22-23-28(26)25(4)21-19-17-12-10-8-6-2/h22-25H,5-21H2,1-4H3/p+1. The SMILES string of the molecule is CCCCCCCCCCCC(C)c1[nH]cc[n+]1C(C)CCCCCCCC. The molecule has 164 valence electrons. The first-order valence-electron chi connectivity index (χ1n) is 12.8. The highest BCUT2D eigenvalue weighted by atomic mass is 15.1. The molecule has 0 aliphatic rings. The largest absolute Gasteiger partial charge is 0.257 e. The van der Waals surface area contributed by atoms with Crippen molar-refractivity contribution in [3.8, 4) is 0 Å². The Balaban J connectivity index is 2.18. The van der Waals surface area contributed by atoms with E-state index in [0.717, 1.165) is 0 Å². The Morgan fingerprint density at radius 1 is 0.679 bits per heavy atom. The molecule has 2 unspecified atom stereocenters. The highest BCUT2D eigenvalue weighted by Crippen LogP contribution is 2.21.